The Balaban J connectivity index is 2.81. The van der Waals surface area contributed by atoms with Crippen LogP contribution in [0.25, 0.3) is 0 Å². The van der Waals surface area contributed by atoms with Crippen LogP contribution >= 0.6 is 0 Å². The number of aliphatic hydroxyl groups excluding tert-OH is 1. The van der Waals surface area contributed by atoms with Crippen molar-refractivity contribution in [1.82, 2.24) is 4.72 Å². The molecule has 0 aliphatic carbocycles. The van der Waals surface area contributed by atoms with Crippen molar-refractivity contribution in [3.63, 3.8) is 0 Å². The molecule has 0 radical (unpaired) electrons. The fourth-order valence-electron chi connectivity index (χ4n) is 2.28. The molecule has 1 unspecified atom stereocenters. The minimum Gasteiger partial charge on any atom is -0.392 e. The van der Waals surface area contributed by atoms with Crippen molar-refractivity contribution in [3.05, 3.63) is 29.3 Å². The molecule has 0 heterocycles. The van der Waals surface area contributed by atoms with Crippen molar-refractivity contribution >= 4 is 10.0 Å². The molecular formula is C16H27NO3S. The highest BCUT2D eigenvalue weighted by atomic mass is 32.2. The highest BCUT2D eigenvalue weighted by Gasteiger charge is 2.18. The van der Waals surface area contributed by atoms with Crippen LogP contribution in [-0.4, -0.2) is 20.1 Å². The predicted molar refractivity (Wildman–Crippen MR) is 85.6 cm³/mol. The van der Waals surface area contributed by atoms with Crippen molar-refractivity contribution in [1.29, 1.82) is 0 Å². The molecule has 0 saturated carbocycles. The standard InChI is InChI=1S/C16H27NO3S/c1-4-6-7-14(5-2)11-17-21(19,20)16-10-15(12-18)9-8-13(16)3/h8-10,14,17-18H,4-7,11-12H2,1-3H3. The Kier molecular flexibility index (Phi) is 7.35. The minimum absolute atomic E-state index is 0.156. The van der Waals surface area contributed by atoms with Gasteiger partial charge in [0.05, 0.1) is 11.5 Å². The monoisotopic (exact) mass is 313 g/mol. The Morgan fingerprint density at radius 1 is 1.29 bits per heavy atom. The van der Waals surface area contributed by atoms with Crippen LogP contribution < -0.4 is 4.72 Å². The Morgan fingerprint density at radius 2 is 2.00 bits per heavy atom. The van der Waals surface area contributed by atoms with E-state index >= 15 is 0 Å². The van der Waals surface area contributed by atoms with Crippen molar-refractivity contribution in [2.75, 3.05) is 6.54 Å². The van der Waals surface area contributed by atoms with Crippen molar-refractivity contribution < 1.29 is 13.5 Å². The van der Waals surface area contributed by atoms with Crippen LogP contribution in [0.1, 0.15) is 50.7 Å². The third-order valence-corrected chi connectivity index (χ3v) is 5.40. The van der Waals surface area contributed by atoms with E-state index in [-0.39, 0.29) is 11.5 Å². The summed E-state index contributed by atoms with van der Waals surface area (Å²) in [6, 6.07) is 5.02. The van der Waals surface area contributed by atoms with Crippen LogP contribution in [0.15, 0.2) is 23.1 Å². The number of aryl methyl sites for hydroxylation is 1. The van der Waals surface area contributed by atoms with Gasteiger partial charge in [0.2, 0.25) is 10.0 Å². The van der Waals surface area contributed by atoms with Gasteiger partial charge in [0, 0.05) is 6.54 Å². The first-order valence-corrected chi connectivity index (χ1v) is 9.13. The maximum Gasteiger partial charge on any atom is 0.240 e. The summed E-state index contributed by atoms with van der Waals surface area (Å²) >= 11 is 0. The summed E-state index contributed by atoms with van der Waals surface area (Å²) < 4.78 is 27.6. The third kappa shape index (κ3) is 5.41. The van der Waals surface area contributed by atoms with Crippen molar-refractivity contribution in [2.45, 2.75) is 58.0 Å². The summed E-state index contributed by atoms with van der Waals surface area (Å²) in [7, 11) is -3.51. The van der Waals surface area contributed by atoms with Gasteiger partial charge in [0.25, 0.3) is 0 Å². The van der Waals surface area contributed by atoms with Gasteiger partial charge in [-0.3, -0.25) is 0 Å². The summed E-state index contributed by atoms with van der Waals surface area (Å²) in [6.45, 7) is 6.31. The number of sulfonamides is 1. The molecule has 0 aliphatic rings. The Morgan fingerprint density at radius 3 is 2.57 bits per heavy atom. The molecule has 0 fully saturated rings. The molecule has 2 N–H and O–H groups in total. The Bertz CT molecular complexity index is 540. The molecule has 4 nitrogen and oxygen atoms in total. The summed E-state index contributed by atoms with van der Waals surface area (Å²) in [5.41, 5.74) is 1.31. The SMILES string of the molecule is CCCCC(CC)CNS(=O)(=O)c1cc(CO)ccc1C. The topological polar surface area (TPSA) is 66.4 Å². The van der Waals surface area contributed by atoms with Gasteiger partial charge in [-0.2, -0.15) is 0 Å². The zero-order chi connectivity index (χ0) is 15.9. The number of rotatable bonds is 9. The molecule has 1 aromatic carbocycles. The molecular weight excluding hydrogens is 286 g/mol. The van der Waals surface area contributed by atoms with Gasteiger partial charge in [-0.25, -0.2) is 13.1 Å². The largest absolute Gasteiger partial charge is 0.392 e. The smallest absolute Gasteiger partial charge is 0.240 e. The van der Waals surface area contributed by atoms with Gasteiger partial charge < -0.3 is 5.11 Å². The second-order valence-electron chi connectivity index (χ2n) is 5.53. The molecule has 1 aromatic rings. The van der Waals surface area contributed by atoms with Crippen molar-refractivity contribution in [2.24, 2.45) is 5.92 Å². The highest BCUT2D eigenvalue weighted by Crippen LogP contribution is 2.18. The highest BCUT2D eigenvalue weighted by molar-refractivity contribution is 7.89. The van der Waals surface area contributed by atoms with E-state index in [1.807, 2.05) is 0 Å². The molecule has 5 heteroatoms. The summed E-state index contributed by atoms with van der Waals surface area (Å²) in [5, 5.41) is 9.16. The lowest BCUT2D eigenvalue weighted by Crippen LogP contribution is -2.30. The zero-order valence-electron chi connectivity index (χ0n) is 13.2. The van der Waals surface area contributed by atoms with Gasteiger partial charge in [0.15, 0.2) is 0 Å². The predicted octanol–water partition coefficient (Wildman–Crippen LogP) is 2.98. The first-order valence-electron chi connectivity index (χ1n) is 7.64. The van der Waals surface area contributed by atoms with Gasteiger partial charge in [-0.15, -0.1) is 0 Å². The maximum atomic E-state index is 12.4. The molecule has 0 aromatic heterocycles. The third-order valence-electron chi connectivity index (χ3n) is 3.83. The molecule has 0 bridgehead atoms. The molecule has 1 atom stereocenters. The van der Waals surface area contributed by atoms with E-state index < -0.39 is 10.0 Å². The van der Waals surface area contributed by atoms with Crippen LogP contribution in [0.3, 0.4) is 0 Å². The summed E-state index contributed by atoms with van der Waals surface area (Å²) in [4.78, 5) is 0.263. The summed E-state index contributed by atoms with van der Waals surface area (Å²) in [6.07, 6.45) is 4.27. The second-order valence-corrected chi connectivity index (χ2v) is 7.26. The number of nitrogens with one attached hydrogen (secondary N) is 1. The normalized spacial score (nSPS) is 13.3. The number of hydrogen-bond acceptors (Lipinski definition) is 3. The average molecular weight is 313 g/mol. The molecule has 0 spiro atoms. The van der Waals surface area contributed by atoms with E-state index in [2.05, 4.69) is 18.6 Å². The van der Waals surface area contributed by atoms with Gasteiger partial charge in [-0.05, 0) is 36.5 Å². The van der Waals surface area contributed by atoms with E-state index in [0.29, 0.717) is 23.6 Å². The zero-order valence-corrected chi connectivity index (χ0v) is 14.0. The van der Waals surface area contributed by atoms with Crippen LogP contribution in [0.2, 0.25) is 0 Å². The van der Waals surface area contributed by atoms with Gasteiger partial charge in [0.1, 0.15) is 0 Å². The van der Waals surface area contributed by atoms with Crippen LogP contribution in [0, 0.1) is 12.8 Å². The van der Waals surface area contributed by atoms with Crippen molar-refractivity contribution in [3.8, 4) is 0 Å². The van der Waals surface area contributed by atoms with E-state index in [4.69, 9.17) is 5.11 Å². The molecule has 1 rings (SSSR count). The lowest BCUT2D eigenvalue weighted by Gasteiger charge is -2.16. The number of hydrogen-bond donors (Lipinski definition) is 2. The van der Waals surface area contributed by atoms with E-state index in [0.717, 1.165) is 25.7 Å². The van der Waals surface area contributed by atoms with E-state index in [1.54, 1.807) is 25.1 Å². The quantitative estimate of drug-likeness (QED) is 0.736. The first-order chi connectivity index (χ1) is 9.94. The Hall–Kier alpha value is -0.910. The number of aliphatic hydroxyl groups is 1. The van der Waals surface area contributed by atoms with Crippen LogP contribution in [0.5, 0.6) is 0 Å². The van der Waals surface area contributed by atoms with Crippen LogP contribution in [0.4, 0.5) is 0 Å². The number of benzene rings is 1. The number of unbranched alkanes of at least 4 members (excludes halogenated alkanes) is 1. The second kappa shape index (κ2) is 8.51. The van der Waals surface area contributed by atoms with Crippen LogP contribution in [-0.2, 0) is 16.6 Å². The lowest BCUT2D eigenvalue weighted by atomic mass is 10.00. The molecule has 21 heavy (non-hydrogen) atoms. The molecule has 0 aliphatic heterocycles. The average Bonchev–Trinajstić information content (AvgIpc) is 2.47. The maximum absolute atomic E-state index is 12.4. The Labute approximate surface area is 128 Å². The molecule has 0 amide bonds. The minimum atomic E-state index is -3.51. The van der Waals surface area contributed by atoms with E-state index in [9.17, 15) is 8.42 Å². The van der Waals surface area contributed by atoms with Gasteiger partial charge >= 0.3 is 0 Å². The summed E-state index contributed by atoms with van der Waals surface area (Å²) in [5.74, 6) is 0.376. The first kappa shape index (κ1) is 18.1. The molecule has 120 valence electrons. The van der Waals surface area contributed by atoms with E-state index in [1.165, 1.54) is 0 Å². The fraction of sp³-hybridized carbons (Fsp3) is 0.625. The molecule has 0 saturated heterocycles. The van der Waals surface area contributed by atoms with Gasteiger partial charge in [-0.1, -0.05) is 45.2 Å². The fourth-order valence-corrected chi connectivity index (χ4v) is 3.69. The lowest BCUT2D eigenvalue weighted by molar-refractivity contribution is 0.281.